The van der Waals surface area contributed by atoms with E-state index in [0.29, 0.717) is 5.78 Å². The number of carbonyl (C=O) groups is 1. The maximum atomic E-state index is 12.5. The van der Waals surface area contributed by atoms with Gasteiger partial charge in [0.15, 0.2) is 0 Å². The Morgan fingerprint density at radius 1 is 1.04 bits per heavy atom. The lowest BCUT2D eigenvalue weighted by Crippen LogP contribution is -2.58. The highest BCUT2D eigenvalue weighted by Crippen LogP contribution is 2.28. The highest BCUT2D eigenvalue weighted by Gasteiger charge is 2.38. The normalized spacial score (nSPS) is 19.1. The molecule has 4 heteroatoms. The number of piperazine rings is 1. The van der Waals surface area contributed by atoms with E-state index in [1.165, 1.54) is 6.42 Å². The number of unbranched alkanes of at least 4 members (excludes halogenated alkanes) is 1. The lowest BCUT2D eigenvalue weighted by atomic mass is 9.80. The summed E-state index contributed by atoms with van der Waals surface area (Å²) in [6, 6.07) is 0. The van der Waals surface area contributed by atoms with E-state index < -0.39 is 0 Å². The smallest absolute Gasteiger partial charge is 0.140 e. The molecule has 0 radical (unpaired) electrons. The molecule has 1 rings (SSSR count). The fraction of sp³-hybridized carbons (Fsp3) is 0.955. The fourth-order valence-corrected chi connectivity index (χ4v) is 3.66. The molecule has 0 spiro atoms. The monoisotopic (exact) mass is 368 g/mol. The van der Waals surface area contributed by atoms with E-state index in [1.54, 1.807) is 0 Å². The van der Waals surface area contributed by atoms with Crippen molar-refractivity contribution in [1.29, 1.82) is 0 Å². The third-order valence-corrected chi connectivity index (χ3v) is 6.26. The molecule has 1 aliphatic rings. The van der Waals surface area contributed by atoms with Crippen LogP contribution in [0.4, 0.5) is 0 Å². The molecule has 154 valence electrons. The van der Waals surface area contributed by atoms with Gasteiger partial charge in [0, 0.05) is 56.7 Å². The summed E-state index contributed by atoms with van der Waals surface area (Å²) in [6.45, 7) is 23.4. The first kappa shape index (κ1) is 23.6. The zero-order valence-electron chi connectivity index (χ0n) is 18.7. The van der Waals surface area contributed by atoms with Crippen LogP contribution in [0.15, 0.2) is 0 Å². The van der Waals surface area contributed by atoms with Crippen molar-refractivity contribution >= 4 is 5.78 Å². The van der Waals surface area contributed by atoms with Gasteiger partial charge in [-0.25, -0.2) is 0 Å². The van der Waals surface area contributed by atoms with E-state index in [-0.39, 0.29) is 23.0 Å². The maximum absolute atomic E-state index is 12.5. The van der Waals surface area contributed by atoms with E-state index in [9.17, 15) is 4.79 Å². The number of nitrogens with zero attached hydrogens (tertiary/aromatic N) is 2. The van der Waals surface area contributed by atoms with Crippen LogP contribution in [0.5, 0.6) is 0 Å². The second kappa shape index (κ2) is 10.2. The van der Waals surface area contributed by atoms with Crippen LogP contribution >= 0.6 is 0 Å². The fourth-order valence-electron chi connectivity index (χ4n) is 3.66. The molecule has 1 fully saturated rings. The summed E-state index contributed by atoms with van der Waals surface area (Å²) < 4.78 is 6.04. The summed E-state index contributed by atoms with van der Waals surface area (Å²) in [7, 11) is 0. The van der Waals surface area contributed by atoms with Crippen LogP contribution in [-0.4, -0.2) is 66.1 Å². The lowest BCUT2D eigenvalue weighted by Gasteiger charge is -2.47. The standard InChI is InChI=1S/C22H44N2O2/c1-9-10-17-26-21(5,6)11-12-23-13-15-24(16-14-23)22(7,8)19(4)20(25)18(2)3/h18-19H,9-17H2,1-8H3. The lowest BCUT2D eigenvalue weighted by molar-refractivity contribution is -0.130. The molecule has 0 aliphatic carbocycles. The van der Waals surface area contributed by atoms with Crippen molar-refractivity contribution in [1.82, 2.24) is 9.80 Å². The van der Waals surface area contributed by atoms with Crippen LogP contribution < -0.4 is 0 Å². The van der Waals surface area contributed by atoms with Gasteiger partial charge in [0.05, 0.1) is 5.60 Å². The van der Waals surface area contributed by atoms with Gasteiger partial charge in [0.2, 0.25) is 0 Å². The van der Waals surface area contributed by atoms with E-state index in [1.807, 2.05) is 13.8 Å². The molecule has 4 nitrogen and oxygen atoms in total. The van der Waals surface area contributed by atoms with Gasteiger partial charge in [-0.3, -0.25) is 9.69 Å². The van der Waals surface area contributed by atoms with Gasteiger partial charge < -0.3 is 9.64 Å². The number of ketones is 1. The molecule has 0 saturated carbocycles. The molecule has 0 N–H and O–H groups in total. The minimum atomic E-state index is -0.0734. The summed E-state index contributed by atoms with van der Waals surface area (Å²) in [4.78, 5) is 17.5. The van der Waals surface area contributed by atoms with Crippen LogP contribution in [0, 0.1) is 11.8 Å². The number of rotatable bonds is 11. The van der Waals surface area contributed by atoms with Crippen molar-refractivity contribution in [3.63, 3.8) is 0 Å². The Labute approximate surface area is 162 Å². The highest BCUT2D eigenvalue weighted by atomic mass is 16.5. The van der Waals surface area contributed by atoms with Gasteiger partial charge in [0.1, 0.15) is 5.78 Å². The third-order valence-electron chi connectivity index (χ3n) is 6.26. The summed E-state index contributed by atoms with van der Waals surface area (Å²) in [6.07, 6.45) is 3.40. The summed E-state index contributed by atoms with van der Waals surface area (Å²) >= 11 is 0. The second-order valence-electron chi connectivity index (χ2n) is 9.47. The molecule has 0 aromatic rings. The minimum Gasteiger partial charge on any atom is -0.376 e. The Hall–Kier alpha value is -0.450. The summed E-state index contributed by atoms with van der Waals surface area (Å²) in [5.41, 5.74) is -0.111. The largest absolute Gasteiger partial charge is 0.376 e. The minimum absolute atomic E-state index is 0.0379. The van der Waals surface area contributed by atoms with Gasteiger partial charge in [-0.15, -0.1) is 0 Å². The molecule has 1 atom stereocenters. The molecule has 0 aromatic carbocycles. The predicted octanol–water partition coefficient (Wildman–Crippen LogP) is 4.23. The quantitative estimate of drug-likeness (QED) is 0.511. The number of carbonyl (C=O) groups excluding carboxylic acids is 1. The number of hydrogen-bond donors (Lipinski definition) is 0. The maximum Gasteiger partial charge on any atom is 0.140 e. The van der Waals surface area contributed by atoms with E-state index in [4.69, 9.17) is 4.74 Å². The number of hydrogen-bond acceptors (Lipinski definition) is 4. The Morgan fingerprint density at radius 2 is 1.62 bits per heavy atom. The highest BCUT2D eigenvalue weighted by molar-refractivity contribution is 5.83. The van der Waals surface area contributed by atoms with Crippen molar-refractivity contribution in [2.45, 2.75) is 85.8 Å². The summed E-state index contributed by atoms with van der Waals surface area (Å²) in [5, 5.41) is 0. The van der Waals surface area contributed by atoms with E-state index in [2.05, 4.69) is 51.3 Å². The zero-order valence-corrected chi connectivity index (χ0v) is 18.7. The molecular weight excluding hydrogens is 324 g/mol. The molecule has 0 bridgehead atoms. The molecule has 1 heterocycles. The molecular formula is C22H44N2O2. The van der Waals surface area contributed by atoms with Crippen molar-refractivity contribution in [3.05, 3.63) is 0 Å². The first-order valence-electron chi connectivity index (χ1n) is 10.7. The van der Waals surface area contributed by atoms with E-state index in [0.717, 1.165) is 52.2 Å². The molecule has 26 heavy (non-hydrogen) atoms. The van der Waals surface area contributed by atoms with Crippen LogP contribution in [0.3, 0.4) is 0 Å². The van der Waals surface area contributed by atoms with Crippen molar-refractivity contribution in [3.8, 4) is 0 Å². The predicted molar refractivity (Wildman–Crippen MR) is 111 cm³/mol. The Balaban J connectivity index is 2.45. The molecule has 1 aliphatic heterocycles. The molecule has 1 unspecified atom stereocenters. The van der Waals surface area contributed by atoms with Crippen molar-refractivity contribution in [2.24, 2.45) is 11.8 Å². The summed E-state index contributed by atoms with van der Waals surface area (Å²) in [5.74, 6) is 0.559. The van der Waals surface area contributed by atoms with Crippen LogP contribution in [0.2, 0.25) is 0 Å². The topological polar surface area (TPSA) is 32.8 Å². The van der Waals surface area contributed by atoms with Crippen LogP contribution in [0.1, 0.15) is 74.7 Å². The average Bonchev–Trinajstić information content (AvgIpc) is 2.59. The third kappa shape index (κ3) is 6.94. The van der Waals surface area contributed by atoms with Crippen LogP contribution in [0.25, 0.3) is 0 Å². The molecule has 1 saturated heterocycles. The Bertz CT molecular complexity index is 424. The number of ether oxygens (including phenoxy) is 1. The van der Waals surface area contributed by atoms with Crippen molar-refractivity contribution in [2.75, 3.05) is 39.3 Å². The Morgan fingerprint density at radius 3 is 2.12 bits per heavy atom. The van der Waals surface area contributed by atoms with Crippen LogP contribution in [-0.2, 0) is 9.53 Å². The first-order valence-corrected chi connectivity index (χ1v) is 10.7. The molecule has 0 aromatic heterocycles. The van der Waals surface area contributed by atoms with Gasteiger partial charge in [-0.05, 0) is 40.5 Å². The zero-order chi connectivity index (χ0) is 20.0. The van der Waals surface area contributed by atoms with Gasteiger partial charge in [0.25, 0.3) is 0 Å². The number of Topliss-reactive ketones (excluding diaryl/α,β-unsaturated/α-hetero) is 1. The van der Waals surface area contributed by atoms with E-state index >= 15 is 0 Å². The SMILES string of the molecule is CCCCOC(C)(C)CCN1CCN(C(C)(C)C(C)C(=O)C(C)C)CC1. The second-order valence-corrected chi connectivity index (χ2v) is 9.47. The first-order chi connectivity index (χ1) is 12.0. The Kier molecular flexibility index (Phi) is 9.25. The van der Waals surface area contributed by atoms with Crippen molar-refractivity contribution < 1.29 is 9.53 Å². The molecule has 0 amide bonds. The average molecular weight is 369 g/mol. The van der Waals surface area contributed by atoms with Gasteiger partial charge in [-0.2, -0.15) is 0 Å². The van der Waals surface area contributed by atoms with Gasteiger partial charge >= 0.3 is 0 Å². The van der Waals surface area contributed by atoms with Gasteiger partial charge in [-0.1, -0.05) is 34.1 Å².